The lowest BCUT2D eigenvalue weighted by Crippen LogP contribution is -2.52. The third-order valence-corrected chi connectivity index (χ3v) is 3.56. The van der Waals surface area contributed by atoms with Crippen LogP contribution in [0.5, 0.6) is 0 Å². The third-order valence-electron chi connectivity index (χ3n) is 3.56. The Morgan fingerprint density at radius 3 is 2.58 bits per heavy atom. The standard InChI is InChI=1S/C10H17NO/c1-7(12)9-5-8-3-4-10(9)11(2)6-8/h8-10H,3-6H2,1-2H3. The van der Waals surface area contributed by atoms with Gasteiger partial charge < -0.3 is 4.90 Å². The Balaban J connectivity index is 2.14. The zero-order valence-corrected chi connectivity index (χ0v) is 7.92. The van der Waals surface area contributed by atoms with Crippen molar-refractivity contribution in [2.45, 2.75) is 32.2 Å². The van der Waals surface area contributed by atoms with Crippen LogP contribution in [0, 0.1) is 11.8 Å². The number of piperidine rings is 2. The first kappa shape index (κ1) is 8.24. The van der Waals surface area contributed by atoms with Crippen LogP contribution in [0.25, 0.3) is 0 Å². The van der Waals surface area contributed by atoms with Gasteiger partial charge in [0.05, 0.1) is 0 Å². The van der Waals surface area contributed by atoms with Crippen LogP contribution >= 0.6 is 0 Å². The van der Waals surface area contributed by atoms with E-state index in [0.717, 1.165) is 12.3 Å². The number of ketones is 1. The highest BCUT2D eigenvalue weighted by Gasteiger charge is 2.40. The van der Waals surface area contributed by atoms with E-state index in [4.69, 9.17) is 0 Å². The number of Topliss-reactive ketones (excluding diaryl/α,β-unsaturated/α-hetero) is 1. The van der Waals surface area contributed by atoms with Gasteiger partial charge in [0.25, 0.3) is 0 Å². The summed E-state index contributed by atoms with van der Waals surface area (Å²) < 4.78 is 0. The summed E-state index contributed by atoms with van der Waals surface area (Å²) in [4.78, 5) is 13.7. The molecule has 3 rings (SSSR count). The minimum Gasteiger partial charge on any atom is -0.302 e. The van der Waals surface area contributed by atoms with Crippen LogP contribution in [-0.4, -0.2) is 30.3 Å². The van der Waals surface area contributed by atoms with Crippen molar-refractivity contribution in [2.24, 2.45) is 11.8 Å². The van der Waals surface area contributed by atoms with Gasteiger partial charge in [0.15, 0.2) is 0 Å². The van der Waals surface area contributed by atoms with Gasteiger partial charge in [0, 0.05) is 18.5 Å². The van der Waals surface area contributed by atoms with Crippen LogP contribution in [0.15, 0.2) is 0 Å². The summed E-state index contributed by atoms with van der Waals surface area (Å²) in [6.45, 7) is 2.97. The molecule has 68 valence electrons. The van der Waals surface area contributed by atoms with Gasteiger partial charge in [-0.3, -0.25) is 4.79 Å². The second-order valence-corrected chi connectivity index (χ2v) is 4.40. The molecule has 1 aliphatic carbocycles. The van der Waals surface area contributed by atoms with Gasteiger partial charge in [0.2, 0.25) is 0 Å². The molecule has 0 amide bonds. The minimum absolute atomic E-state index is 0.350. The van der Waals surface area contributed by atoms with Crippen molar-refractivity contribution in [3.05, 3.63) is 0 Å². The van der Waals surface area contributed by atoms with E-state index in [2.05, 4.69) is 11.9 Å². The smallest absolute Gasteiger partial charge is 0.134 e. The molecule has 3 aliphatic rings. The molecule has 3 unspecified atom stereocenters. The topological polar surface area (TPSA) is 20.3 Å². The Hall–Kier alpha value is -0.370. The predicted molar refractivity (Wildman–Crippen MR) is 47.9 cm³/mol. The number of hydrogen-bond donors (Lipinski definition) is 0. The second-order valence-electron chi connectivity index (χ2n) is 4.40. The second kappa shape index (κ2) is 2.84. The molecule has 0 spiro atoms. The van der Waals surface area contributed by atoms with Crippen molar-refractivity contribution in [3.8, 4) is 0 Å². The highest BCUT2D eigenvalue weighted by atomic mass is 16.1. The highest BCUT2D eigenvalue weighted by Crippen LogP contribution is 2.38. The van der Waals surface area contributed by atoms with E-state index < -0.39 is 0 Å². The van der Waals surface area contributed by atoms with Crippen molar-refractivity contribution >= 4 is 5.78 Å². The highest BCUT2D eigenvalue weighted by molar-refractivity contribution is 5.79. The van der Waals surface area contributed by atoms with E-state index in [0.29, 0.717) is 17.7 Å². The summed E-state index contributed by atoms with van der Waals surface area (Å²) in [6.07, 6.45) is 3.74. The van der Waals surface area contributed by atoms with Gasteiger partial charge in [-0.1, -0.05) is 0 Å². The molecule has 0 radical (unpaired) electrons. The monoisotopic (exact) mass is 167 g/mol. The minimum atomic E-state index is 0.350. The fourth-order valence-corrected chi connectivity index (χ4v) is 2.91. The zero-order valence-electron chi connectivity index (χ0n) is 7.92. The first-order valence-corrected chi connectivity index (χ1v) is 4.89. The number of hydrogen-bond acceptors (Lipinski definition) is 2. The van der Waals surface area contributed by atoms with Crippen molar-refractivity contribution in [1.29, 1.82) is 0 Å². The van der Waals surface area contributed by atoms with Crippen LogP contribution in [0.4, 0.5) is 0 Å². The van der Waals surface area contributed by atoms with Crippen LogP contribution in [0.1, 0.15) is 26.2 Å². The molecule has 2 heteroatoms. The fourth-order valence-electron chi connectivity index (χ4n) is 2.91. The Morgan fingerprint density at radius 2 is 2.17 bits per heavy atom. The maximum Gasteiger partial charge on any atom is 0.134 e. The van der Waals surface area contributed by atoms with Crippen LogP contribution < -0.4 is 0 Å². The third kappa shape index (κ3) is 1.18. The Bertz CT molecular complexity index is 202. The maximum atomic E-state index is 11.3. The first-order valence-electron chi connectivity index (χ1n) is 4.89. The fraction of sp³-hybridized carbons (Fsp3) is 0.900. The SMILES string of the molecule is CC(=O)C1CC2CCC1N(C)C2. The molecule has 1 saturated carbocycles. The number of rotatable bonds is 1. The molecule has 0 N–H and O–H groups in total. The number of carbonyl (C=O) groups excluding carboxylic acids is 1. The van der Waals surface area contributed by atoms with Crippen molar-refractivity contribution in [1.82, 2.24) is 4.90 Å². The van der Waals surface area contributed by atoms with Crippen molar-refractivity contribution in [2.75, 3.05) is 13.6 Å². The Labute approximate surface area is 73.9 Å². The molecular weight excluding hydrogens is 150 g/mol. The van der Waals surface area contributed by atoms with Crippen molar-refractivity contribution < 1.29 is 4.79 Å². The molecule has 2 aliphatic heterocycles. The van der Waals surface area contributed by atoms with Crippen LogP contribution in [-0.2, 0) is 4.79 Å². The van der Waals surface area contributed by atoms with Gasteiger partial charge in [0.1, 0.15) is 5.78 Å². The summed E-state index contributed by atoms with van der Waals surface area (Å²) in [6, 6.07) is 0.562. The van der Waals surface area contributed by atoms with Gasteiger partial charge in [-0.2, -0.15) is 0 Å². The Morgan fingerprint density at radius 1 is 1.42 bits per heavy atom. The number of nitrogens with zero attached hydrogens (tertiary/aromatic N) is 1. The normalized spacial score (nSPS) is 41.7. The van der Waals surface area contributed by atoms with Crippen LogP contribution in [0.3, 0.4) is 0 Å². The molecule has 3 atom stereocenters. The lowest BCUT2D eigenvalue weighted by Gasteiger charge is -2.47. The van der Waals surface area contributed by atoms with E-state index >= 15 is 0 Å². The number of carbonyl (C=O) groups is 1. The van der Waals surface area contributed by atoms with E-state index in [1.54, 1.807) is 6.92 Å². The summed E-state index contributed by atoms with van der Waals surface area (Å²) in [5, 5.41) is 0. The van der Waals surface area contributed by atoms with Crippen LogP contribution in [0.2, 0.25) is 0 Å². The molecule has 0 aromatic rings. The first-order chi connectivity index (χ1) is 5.68. The summed E-state index contributed by atoms with van der Waals surface area (Å²) in [7, 11) is 2.16. The van der Waals surface area contributed by atoms with E-state index in [9.17, 15) is 4.79 Å². The van der Waals surface area contributed by atoms with Crippen molar-refractivity contribution in [3.63, 3.8) is 0 Å². The lowest BCUT2D eigenvalue weighted by atomic mass is 9.71. The predicted octanol–water partition coefficient (Wildman–Crippen LogP) is 1.31. The average molecular weight is 167 g/mol. The molecule has 12 heavy (non-hydrogen) atoms. The molecule has 3 fully saturated rings. The van der Waals surface area contributed by atoms with Gasteiger partial charge >= 0.3 is 0 Å². The molecule has 0 aromatic carbocycles. The summed E-state index contributed by atoms with van der Waals surface area (Å²) >= 11 is 0. The molecule has 2 heterocycles. The largest absolute Gasteiger partial charge is 0.302 e. The average Bonchev–Trinajstić information content (AvgIpc) is 2.04. The molecule has 0 aromatic heterocycles. The summed E-state index contributed by atoms with van der Waals surface area (Å²) in [5.74, 6) is 1.55. The Kier molecular flexibility index (Phi) is 1.95. The van der Waals surface area contributed by atoms with Gasteiger partial charge in [-0.25, -0.2) is 0 Å². The maximum absolute atomic E-state index is 11.3. The van der Waals surface area contributed by atoms with Gasteiger partial charge in [-0.05, 0) is 39.2 Å². The van der Waals surface area contributed by atoms with E-state index in [1.165, 1.54) is 19.4 Å². The number of fused-ring (bicyclic) bond motifs is 3. The lowest BCUT2D eigenvalue weighted by molar-refractivity contribution is -0.127. The quantitative estimate of drug-likeness (QED) is 0.587. The molecule has 2 bridgehead atoms. The van der Waals surface area contributed by atoms with E-state index in [-0.39, 0.29) is 0 Å². The molecular formula is C10H17NO. The molecule has 2 nitrogen and oxygen atoms in total. The molecule has 2 saturated heterocycles. The summed E-state index contributed by atoms with van der Waals surface area (Å²) in [5.41, 5.74) is 0. The zero-order chi connectivity index (χ0) is 8.72. The van der Waals surface area contributed by atoms with E-state index in [1.807, 2.05) is 0 Å². The van der Waals surface area contributed by atoms with Gasteiger partial charge in [-0.15, -0.1) is 0 Å².